The average Bonchev–Trinajstić information content (AvgIpc) is 2.66. The zero-order valence-electron chi connectivity index (χ0n) is 16.8. The van der Waals surface area contributed by atoms with E-state index in [0.717, 1.165) is 0 Å². The van der Waals surface area contributed by atoms with Crippen molar-refractivity contribution in [2.75, 3.05) is 14.1 Å². The van der Waals surface area contributed by atoms with Gasteiger partial charge in [-0.2, -0.15) is 87.4 Å². The molecule has 0 saturated carbocycles. The Labute approximate surface area is 190 Å². The Balaban J connectivity index is 0. The van der Waals surface area contributed by atoms with Gasteiger partial charge in [-0.15, -0.1) is 0 Å². The summed E-state index contributed by atoms with van der Waals surface area (Å²) in [6, 6.07) is 0. The fourth-order valence-electron chi connectivity index (χ4n) is 1.68. The predicted molar refractivity (Wildman–Crippen MR) is 77.1 cm³/mol. The number of rotatable bonds is 10. The van der Waals surface area contributed by atoms with E-state index in [-0.39, 0.29) is 0 Å². The highest BCUT2D eigenvalue weighted by Crippen LogP contribution is 2.65. The van der Waals surface area contributed by atoms with Crippen LogP contribution in [0.25, 0.3) is 0 Å². The van der Waals surface area contributed by atoms with Gasteiger partial charge in [0.2, 0.25) is 0 Å². The molecule has 0 rings (SSSR count). The van der Waals surface area contributed by atoms with Crippen molar-refractivity contribution < 1.29 is 101 Å². The first-order valence-electron chi connectivity index (χ1n) is 7.85. The zero-order chi connectivity index (χ0) is 31.3. The molecule has 0 radical (unpaired) electrons. The maximum absolute atomic E-state index is 13.3. The highest BCUT2D eigenvalue weighted by atomic mass is 32.2. The minimum absolute atomic E-state index is 1.88. The molecule has 0 bridgehead atoms. The Bertz CT molecular complexity index is 898. The average molecular weight is 627 g/mol. The molecule has 25 heteroatoms. The first kappa shape index (κ1) is 37.6. The van der Waals surface area contributed by atoms with E-state index in [1.807, 2.05) is 14.1 Å². The molecular weight excluding hydrogens is 618 g/mol. The number of nitrogens with one attached hydrogen (secondary N) is 1. The molecule has 0 aromatic rings. The van der Waals surface area contributed by atoms with Crippen molar-refractivity contribution in [2.45, 2.75) is 59.1 Å². The lowest BCUT2D eigenvalue weighted by molar-refractivity contribution is -0.462. The van der Waals surface area contributed by atoms with Crippen molar-refractivity contribution in [2.24, 2.45) is 0 Å². The van der Waals surface area contributed by atoms with Crippen LogP contribution in [0.5, 0.6) is 0 Å². The van der Waals surface area contributed by atoms with E-state index in [1.54, 1.807) is 0 Å². The Morgan fingerprint density at radius 1 is 0.514 bits per heavy atom. The van der Waals surface area contributed by atoms with Crippen LogP contribution < -0.4 is 5.32 Å². The van der Waals surface area contributed by atoms with Gasteiger partial charge in [-0.05, 0) is 14.1 Å². The first-order chi connectivity index (χ1) is 15.6. The lowest BCUT2D eigenvalue weighted by Crippen LogP contribution is -2.76. The molecule has 0 aliphatic heterocycles. The van der Waals surface area contributed by atoms with Crippen molar-refractivity contribution in [3.63, 3.8) is 0 Å². The van der Waals surface area contributed by atoms with Crippen LogP contribution >= 0.6 is 0 Å². The third-order valence-corrected chi connectivity index (χ3v) is 4.65. The zero-order valence-corrected chi connectivity index (χ0v) is 17.6. The fourth-order valence-corrected chi connectivity index (χ4v) is 2.13. The summed E-state index contributed by atoms with van der Waals surface area (Å²) in [4.78, 5) is 0. The number of halogens is 20. The molecule has 0 saturated heterocycles. The summed E-state index contributed by atoms with van der Waals surface area (Å²) in [5, 5.41) is -5.26. The minimum Gasteiger partial charge on any atom is -0.323 e. The van der Waals surface area contributed by atoms with E-state index >= 15 is 0 Å². The molecular formula is C12H9F20NO3S. The van der Waals surface area contributed by atoms with Crippen molar-refractivity contribution >= 4 is 10.1 Å². The molecule has 0 amide bonds. The standard InChI is InChI=1S/C10H2F20O3S.C2H7N/c11-1(12)2(13,14)3(15,16)4(17,18)5(19,20)6(21,22)7(23,24)8(25,26)9(27,28)10(29,30)34(31,32)33;1-3-2/h1H,(H,31,32,33);3H,1-2H3. The first-order valence-corrected chi connectivity index (χ1v) is 9.29. The molecule has 0 fully saturated rings. The molecule has 0 aromatic carbocycles. The van der Waals surface area contributed by atoms with Gasteiger partial charge in [0.05, 0.1) is 0 Å². The molecule has 0 spiro atoms. The Morgan fingerprint density at radius 3 is 0.892 bits per heavy atom. The monoisotopic (exact) mass is 627 g/mol. The lowest BCUT2D eigenvalue weighted by Gasteiger charge is -2.44. The molecule has 0 aliphatic rings. The summed E-state index contributed by atoms with van der Waals surface area (Å²) in [5.41, 5.74) is 0. The summed E-state index contributed by atoms with van der Waals surface area (Å²) >= 11 is 0. The number of hydrogen-bond donors (Lipinski definition) is 2. The maximum atomic E-state index is 13.3. The van der Waals surface area contributed by atoms with E-state index in [9.17, 15) is 96.2 Å². The Hall–Kier alpha value is -1.53. The largest absolute Gasteiger partial charge is 0.438 e. The third-order valence-electron chi connectivity index (χ3n) is 3.75. The quantitative estimate of drug-likeness (QED) is 0.243. The van der Waals surface area contributed by atoms with Gasteiger partial charge in [0.25, 0.3) is 0 Å². The molecule has 4 nitrogen and oxygen atoms in total. The lowest BCUT2D eigenvalue weighted by atomic mass is 9.87. The second kappa shape index (κ2) is 9.89. The summed E-state index contributed by atoms with van der Waals surface area (Å²) in [7, 11) is -4.29. The Morgan fingerprint density at radius 2 is 0.703 bits per heavy atom. The van der Waals surface area contributed by atoms with Gasteiger partial charge >= 0.3 is 69.2 Å². The molecule has 0 aliphatic carbocycles. The molecule has 37 heavy (non-hydrogen) atoms. The van der Waals surface area contributed by atoms with Crippen molar-refractivity contribution in [3.05, 3.63) is 0 Å². The van der Waals surface area contributed by atoms with Crippen molar-refractivity contribution in [3.8, 4) is 0 Å². The molecule has 0 unspecified atom stereocenters. The second-order valence-electron chi connectivity index (χ2n) is 6.44. The second-order valence-corrected chi connectivity index (χ2v) is 7.90. The van der Waals surface area contributed by atoms with E-state index in [1.165, 1.54) is 0 Å². The minimum atomic E-state index is -9.24. The highest BCUT2D eigenvalue weighted by Gasteiger charge is 2.97. The topological polar surface area (TPSA) is 66.4 Å². The van der Waals surface area contributed by atoms with Gasteiger partial charge in [-0.1, -0.05) is 0 Å². The predicted octanol–water partition coefficient (Wildman–Crippen LogP) is 5.65. The van der Waals surface area contributed by atoms with E-state index in [2.05, 4.69) is 5.32 Å². The molecule has 0 atom stereocenters. The molecule has 0 heterocycles. The van der Waals surface area contributed by atoms with E-state index in [0.29, 0.717) is 0 Å². The van der Waals surface area contributed by atoms with Gasteiger partial charge in [-0.3, -0.25) is 4.55 Å². The van der Waals surface area contributed by atoms with Crippen molar-refractivity contribution in [1.82, 2.24) is 5.32 Å². The van der Waals surface area contributed by atoms with Crippen LogP contribution in [0.15, 0.2) is 0 Å². The van der Waals surface area contributed by atoms with Gasteiger partial charge < -0.3 is 5.32 Å². The summed E-state index contributed by atoms with van der Waals surface area (Å²) in [5.74, 6) is -70.6. The van der Waals surface area contributed by atoms with Gasteiger partial charge in [-0.25, -0.2) is 8.78 Å². The fraction of sp³-hybridized carbons (Fsp3) is 1.00. The normalized spacial score (nSPS) is 16.0. The summed E-state index contributed by atoms with van der Waals surface area (Å²) in [6.45, 7) is 0. The SMILES string of the molecule is CNC.O=S(=O)(O)C(F)(F)C(F)(F)C(F)(F)C(F)(F)C(F)(F)C(F)(F)C(F)(F)C(F)(F)C(F)(F)C(F)F. The van der Waals surface area contributed by atoms with E-state index < -0.39 is 69.2 Å². The van der Waals surface area contributed by atoms with Crippen LogP contribution in [0.4, 0.5) is 87.8 Å². The number of alkyl halides is 20. The highest BCUT2D eigenvalue weighted by molar-refractivity contribution is 7.87. The molecule has 226 valence electrons. The van der Waals surface area contributed by atoms with Crippen LogP contribution in [-0.4, -0.2) is 86.1 Å². The van der Waals surface area contributed by atoms with Crippen molar-refractivity contribution in [1.29, 1.82) is 0 Å². The van der Waals surface area contributed by atoms with Gasteiger partial charge in [0, 0.05) is 0 Å². The van der Waals surface area contributed by atoms with Crippen LogP contribution in [0.2, 0.25) is 0 Å². The van der Waals surface area contributed by atoms with Crippen LogP contribution in [0.3, 0.4) is 0 Å². The van der Waals surface area contributed by atoms with Gasteiger partial charge in [0.1, 0.15) is 0 Å². The van der Waals surface area contributed by atoms with Crippen LogP contribution in [-0.2, 0) is 10.1 Å². The Kier molecular flexibility index (Phi) is 10.1. The van der Waals surface area contributed by atoms with Crippen LogP contribution in [0, 0.1) is 0 Å². The maximum Gasteiger partial charge on any atom is 0.438 e. The van der Waals surface area contributed by atoms with Gasteiger partial charge in [0.15, 0.2) is 0 Å². The smallest absolute Gasteiger partial charge is 0.323 e. The van der Waals surface area contributed by atoms with Crippen LogP contribution in [0.1, 0.15) is 0 Å². The third kappa shape index (κ3) is 4.97. The summed E-state index contributed by atoms with van der Waals surface area (Å²) < 4.78 is 286. The van der Waals surface area contributed by atoms with E-state index in [4.69, 9.17) is 4.55 Å². The molecule has 2 N–H and O–H groups in total. The molecule has 0 aromatic heterocycles. The summed E-state index contributed by atoms with van der Waals surface area (Å²) in [6.07, 6.45) is -6.17. The number of hydrogen-bond acceptors (Lipinski definition) is 3.